The fourth-order valence-corrected chi connectivity index (χ4v) is 3.00. The first-order valence-corrected chi connectivity index (χ1v) is 8.77. The number of rotatable bonds is 6. The molecule has 2 heterocycles. The second kappa shape index (κ2) is 7.59. The third kappa shape index (κ3) is 3.60. The molecule has 0 radical (unpaired) electrons. The molecule has 0 fully saturated rings. The number of nitrogens with zero attached hydrogens (tertiary/aromatic N) is 2. The van der Waals surface area contributed by atoms with Crippen LogP contribution in [-0.4, -0.2) is 41.5 Å². The van der Waals surface area contributed by atoms with Gasteiger partial charge in [-0.05, 0) is 24.3 Å². The highest BCUT2D eigenvalue weighted by atomic mass is 16.5. The topological polar surface area (TPSA) is 98.9 Å². The van der Waals surface area contributed by atoms with Crippen molar-refractivity contribution in [3.63, 3.8) is 0 Å². The summed E-state index contributed by atoms with van der Waals surface area (Å²) >= 11 is 0. The molecule has 0 unspecified atom stereocenters. The SMILES string of the molecule is COc1cccc(-c2cc(COC(=O)CN3C(=O)c4ccccc4C3=O)no2)c1. The number of hydrogen-bond acceptors (Lipinski definition) is 7. The van der Waals surface area contributed by atoms with Crippen molar-refractivity contribution in [2.45, 2.75) is 6.61 Å². The second-order valence-corrected chi connectivity index (χ2v) is 6.32. The van der Waals surface area contributed by atoms with Crippen LogP contribution in [0.15, 0.2) is 59.1 Å². The third-order valence-electron chi connectivity index (χ3n) is 4.46. The number of esters is 1. The van der Waals surface area contributed by atoms with Crippen LogP contribution in [0.3, 0.4) is 0 Å². The van der Waals surface area contributed by atoms with E-state index in [0.717, 1.165) is 10.5 Å². The Balaban J connectivity index is 1.37. The number of fused-ring (bicyclic) bond motifs is 1. The Hall–Kier alpha value is -3.94. The Bertz CT molecular complexity index is 1070. The van der Waals surface area contributed by atoms with Gasteiger partial charge < -0.3 is 14.0 Å². The molecule has 0 atom stereocenters. The Morgan fingerprint density at radius 1 is 1.03 bits per heavy atom. The maximum absolute atomic E-state index is 12.3. The zero-order valence-corrected chi connectivity index (χ0v) is 15.5. The number of amides is 2. The van der Waals surface area contributed by atoms with Gasteiger partial charge in [0.15, 0.2) is 5.76 Å². The molecule has 29 heavy (non-hydrogen) atoms. The first-order valence-electron chi connectivity index (χ1n) is 8.77. The molecule has 2 aromatic carbocycles. The smallest absolute Gasteiger partial charge is 0.326 e. The van der Waals surface area contributed by atoms with Gasteiger partial charge in [0.25, 0.3) is 11.8 Å². The van der Waals surface area contributed by atoms with Crippen molar-refractivity contribution in [2.24, 2.45) is 0 Å². The van der Waals surface area contributed by atoms with E-state index in [9.17, 15) is 14.4 Å². The van der Waals surface area contributed by atoms with Crippen LogP contribution in [0, 0.1) is 0 Å². The zero-order valence-electron chi connectivity index (χ0n) is 15.5. The second-order valence-electron chi connectivity index (χ2n) is 6.32. The molecule has 0 saturated heterocycles. The molecule has 8 nitrogen and oxygen atoms in total. The van der Waals surface area contributed by atoms with Crippen LogP contribution in [-0.2, 0) is 16.1 Å². The van der Waals surface area contributed by atoms with E-state index in [1.807, 2.05) is 18.2 Å². The highest BCUT2D eigenvalue weighted by molar-refractivity contribution is 6.22. The van der Waals surface area contributed by atoms with Crippen molar-refractivity contribution in [1.29, 1.82) is 0 Å². The molecular formula is C21H16N2O6. The lowest BCUT2D eigenvalue weighted by atomic mass is 10.1. The largest absolute Gasteiger partial charge is 0.497 e. The summed E-state index contributed by atoms with van der Waals surface area (Å²) in [5.41, 5.74) is 1.73. The van der Waals surface area contributed by atoms with Gasteiger partial charge in [-0.25, -0.2) is 0 Å². The van der Waals surface area contributed by atoms with Crippen LogP contribution in [0.2, 0.25) is 0 Å². The summed E-state index contributed by atoms with van der Waals surface area (Å²) in [7, 11) is 1.57. The van der Waals surface area contributed by atoms with Gasteiger partial charge in [0.05, 0.1) is 18.2 Å². The minimum absolute atomic E-state index is 0.143. The molecule has 4 rings (SSSR count). The minimum Gasteiger partial charge on any atom is -0.497 e. The van der Waals surface area contributed by atoms with Crippen LogP contribution in [0.25, 0.3) is 11.3 Å². The van der Waals surface area contributed by atoms with Gasteiger partial charge in [0.2, 0.25) is 0 Å². The molecule has 8 heteroatoms. The predicted octanol–water partition coefficient (Wildman–Crippen LogP) is 2.69. The number of aromatic nitrogens is 1. The van der Waals surface area contributed by atoms with Crippen molar-refractivity contribution in [3.8, 4) is 17.1 Å². The fraction of sp³-hybridized carbons (Fsp3) is 0.143. The van der Waals surface area contributed by atoms with E-state index in [1.165, 1.54) is 0 Å². The number of hydrogen-bond donors (Lipinski definition) is 0. The number of carbonyl (C=O) groups excluding carboxylic acids is 3. The van der Waals surface area contributed by atoms with E-state index in [1.54, 1.807) is 43.5 Å². The molecule has 0 spiro atoms. The predicted molar refractivity (Wildman–Crippen MR) is 100 cm³/mol. The summed E-state index contributed by atoms with van der Waals surface area (Å²) in [6.07, 6.45) is 0. The van der Waals surface area contributed by atoms with Crippen molar-refractivity contribution in [1.82, 2.24) is 10.1 Å². The molecule has 3 aromatic rings. The van der Waals surface area contributed by atoms with E-state index >= 15 is 0 Å². The molecule has 1 aliphatic rings. The maximum atomic E-state index is 12.3. The molecule has 0 bridgehead atoms. The zero-order chi connectivity index (χ0) is 20.4. The van der Waals surface area contributed by atoms with Crippen LogP contribution < -0.4 is 4.74 Å². The lowest BCUT2D eigenvalue weighted by molar-refractivity contribution is -0.145. The third-order valence-corrected chi connectivity index (χ3v) is 4.46. The molecule has 0 saturated carbocycles. The first-order chi connectivity index (χ1) is 14.1. The summed E-state index contributed by atoms with van der Waals surface area (Å²) in [4.78, 5) is 37.6. The van der Waals surface area contributed by atoms with Crippen LogP contribution >= 0.6 is 0 Å². The average Bonchev–Trinajstić information content (AvgIpc) is 3.32. The van der Waals surface area contributed by atoms with Crippen molar-refractivity contribution >= 4 is 17.8 Å². The van der Waals surface area contributed by atoms with Gasteiger partial charge in [-0.2, -0.15) is 0 Å². The van der Waals surface area contributed by atoms with Gasteiger partial charge >= 0.3 is 5.97 Å². The van der Waals surface area contributed by atoms with Crippen molar-refractivity contribution in [3.05, 3.63) is 71.4 Å². The first kappa shape index (κ1) is 18.4. The standard InChI is InChI=1S/C21H16N2O6/c1-27-15-6-4-5-13(9-15)18-10-14(22-29-18)12-28-19(24)11-23-20(25)16-7-2-3-8-17(16)21(23)26/h2-10H,11-12H2,1H3. The van der Waals surface area contributed by atoms with Gasteiger partial charge in [0.1, 0.15) is 24.6 Å². The maximum Gasteiger partial charge on any atom is 0.326 e. The summed E-state index contributed by atoms with van der Waals surface area (Å²) in [5.74, 6) is -0.567. The fourth-order valence-electron chi connectivity index (χ4n) is 3.00. The monoisotopic (exact) mass is 392 g/mol. The summed E-state index contributed by atoms with van der Waals surface area (Å²) in [6, 6.07) is 15.3. The average molecular weight is 392 g/mol. The van der Waals surface area contributed by atoms with Gasteiger partial charge in [0, 0.05) is 11.6 Å². The minimum atomic E-state index is -0.717. The summed E-state index contributed by atoms with van der Waals surface area (Å²) in [6.45, 7) is -0.609. The van der Waals surface area contributed by atoms with E-state index < -0.39 is 24.3 Å². The highest BCUT2D eigenvalue weighted by Crippen LogP contribution is 2.25. The van der Waals surface area contributed by atoms with Crippen LogP contribution in [0.5, 0.6) is 5.75 Å². The van der Waals surface area contributed by atoms with E-state index in [0.29, 0.717) is 17.2 Å². The Morgan fingerprint density at radius 3 is 2.45 bits per heavy atom. The van der Waals surface area contributed by atoms with Gasteiger partial charge in [-0.3, -0.25) is 19.3 Å². The van der Waals surface area contributed by atoms with E-state index in [-0.39, 0.29) is 17.7 Å². The number of carbonyl (C=O) groups is 3. The van der Waals surface area contributed by atoms with Crippen molar-refractivity contribution in [2.75, 3.05) is 13.7 Å². The molecule has 146 valence electrons. The number of ether oxygens (including phenoxy) is 2. The number of benzene rings is 2. The molecule has 0 aliphatic carbocycles. The number of methoxy groups -OCH3 is 1. The van der Waals surface area contributed by atoms with Crippen LogP contribution in [0.4, 0.5) is 0 Å². The molecule has 1 aromatic heterocycles. The summed E-state index contributed by atoms with van der Waals surface area (Å²) < 4.78 is 15.6. The Kier molecular flexibility index (Phi) is 4.82. The highest BCUT2D eigenvalue weighted by Gasteiger charge is 2.36. The molecule has 0 N–H and O–H groups in total. The van der Waals surface area contributed by atoms with E-state index in [2.05, 4.69) is 5.16 Å². The molecule has 2 amide bonds. The van der Waals surface area contributed by atoms with Crippen LogP contribution in [0.1, 0.15) is 26.4 Å². The van der Waals surface area contributed by atoms with Crippen molar-refractivity contribution < 1.29 is 28.4 Å². The van der Waals surface area contributed by atoms with E-state index in [4.69, 9.17) is 14.0 Å². The lowest BCUT2D eigenvalue weighted by Gasteiger charge is -2.12. The summed E-state index contributed by atoms with van der Waals surface area (Å²) in [5, 5.41) is 3.87. The lowest BCUT2D eigenvalue weighted by Crippen LogP contribution is -2.35. The number of imide groups is 1. The van der Waals surface area contributed by atoms with Gasteiger partial charge in [-0.15, -0.1) is 0 Å². The quantitative estimate of drug-likeness (QED) is 0.470. The Morgan fingerprint density at radius 2 is 1.76 bits per heavy atom. The molecular weight excluding hydrogens is 376 g/mol. The normalized spacial score (nSPS) is 12.8. The Labute approximate surface area is 165 Å². The molecule has 1 aliphatic heterocycles. The van der Waals surface area contributed by atoms with Gasteiger partial charge in [-0.1, -0.05) is 29.4 Å².